The molecule has 1 aliphatic rings. The molecule has 0 radical (unpaired) electrons. The Morgan fingerprint density at radius 1 is 1.17 bits per heavy atom. The lowest BCUT2D eigenvalue weighted by Gasteiger charge is -2.06. The zero-order valence-electron chi connectivity index (χ0n) is 14.4. The van der Waals surface area contributed by atoms with Crippen LogP contribution in [-0.4, -0.2) is 24.2 Å². The van der Waals surface area contributed by atoms with E-state index in [0.29, 0.717) is 19.3 Å². The molecule has 0 bridgehead atoms. The molecule has 0 spiro atoms. The fourth-order valence-corrected chi connectivity index (χ4v) is 3.25. The summed E-state index contributed by atoms with van der Waals surface area (Å²) in [7, 11) is 0. The third kappa shape index (κ3) is 5.11. The molecule has 2 aromatic rings. The van der Waals surface area contributed by atoms with Crippen LogP contribution >= 0.6 is 11.3 Å². The van der Waals surface area contributed by atoms with Gasteiger partial charge in [-0.15, -0.1) is 11.3 Å². The Hall–Kier alpha value is -1.78. The van der Waals surface area contributed by atoms with Crippen molar-refractivity contribution in [1.82, 2.24) is 0 Å². The van der Waals surface area contributed by atoms with Crippen molar-refractivity contribution in [1.29, 1.82) is 0 Å². The van der Waals surface area contributed by atoms with E-state index in [-0.39, 0.29) is 0 Å². The molecule has 0 saturated heterocycles. The molecule has 3 nitrogen and oxygen atoms in total. The van der Waals surface area contributed by atoms with Gasteiger partial charge in [-0.3, -0.25) is 4.99 Å². The van der Waals surface area contributed by atoms with Gasteiger partial charge in [-0.2, -0.15) is 0 Å². The van der Waals surface area contributed by atoms with Crippen molar-refractivity contribution in [3.63, 3.8) is 0 Å². The highest BCUT2D eigenvalue weighted by molar-refractivity contribution is 7.14. The molecule has 0 amide bonds. The molecule has 1 saturated carbocycles. The summed E-state index contributed by atoms with van der Waals surface area (Å²) < 4.78 is 5.84. The minimum atomic E-state index is 0.450. The van der Waals surface area contributed by atoms with Gasteiger partial charge >= 0.3 is 0 Å². The minimum Gasteiger partial charge on any atom is -0.369 e. The normalized spacial score (nSPS) is 15.8. The fourth-order valence-electron chi connectivity index (χ4n) is 2.36. The molecule has 1 aromatic carbocycles. The van der Waals surface area contributed by atoms with Crippen molar-refractivity contribution < 1.29 is 4.74 Å². The molecule has 1 aromatic heterocycles. The van der Waals surface area contributed by atoms with Gasteiger partial charge in [-0.1, -0.05) is 37.3 Å². The lowest BCUT2D eigenvalue weighted by Crippen LogP contribution is -2.10. The van der Waals surface area contributed by atoms with Crippen LogP contribution in [0.2, 0.25) is 0 Å². The first-order valence-corrected chi connectivity index (χ1v) is 9.39. The van der Waals surface area contributed by atoms with Crippen LogP contribution in [0.15, 0.2) is 52.4 Å². The molecule has 0 N–H and O–H groups in total. The van der Waals surface area contributed by atoms with E-state index in [1.165, 1.54) is 28.2 Å². The van der Waals surface area contributed by atoms with Crippen LogP contribution in [-0.2, 0) is 17.8 Å². The summed E-state index contributed by atoms with van der Waals surface area (Å²) in [5, 5.41) is 0. The van der Waals surface area contributed by atoms with Crippen LogP contribution in [0.25, 0.3) is 0 Å². The quantitative estimate of drug-likeness (QED) is 0.521. The van der Waals surface area contributed by atoms with Crippen molar-refractivity contribution in [2.24, 2.45) is 9.98 Å². The summed E-state index contributed by atoms with van der Waals surface area (Å²) in [6.45, 7) is 5.30. The van der Waals surface area contributed by atoms with Crippen LogP contribution in [0.1, 0.15) is 42.0 Å². The summed E-state index contributed by atoms with van der Waals surface area (Å²) >= 11 is 1.81. The van der Waals surface area contributed by atoms with Gasteiger partial charge in [-0.05, 0) is 43.9 Å². The molecule has 24 heavy (non-hydrogen) atoms. The standard InChI is InChI=1S/C20H24N2OS/c1-3-18-11-12-19(24-18)15(2)21-20(22-17-9-10-17)14-23-13-16-7-5-4-6-8-16/h4-8,11-12,17H,3,9-10,13-14H2,1-2H3. The lowest BCUT2D eigenvalue weighted by atomic mass is 10.2. The van der Waals surface area contributed by atoms with Crippen LogP contribution in [0.5, 0.6) is 0 Å². The predicted octanol–water partition coefficient (Wildman–Crippen LogP) is 4.90. The number of amidine groups is 1. The summed E-state index contributed by atoms with van der Waals surface area (Å²) in [6, 6.07) is 15.0. The van der Waals surface area contributed by atoms with Crippen molar-refractivity contribution in [2.75, 3.05) is 6.61 Å². The number of benzene rings is 1. The van der Waals surface area contributed by atoms with Crippen molar-refractivity contribution in [3.8, 4) is 0 Å². The largest absolute Gasteiger partial charge is 0.369 e. The van der Waals surface area contributed by atoms with E-state index in [2.05, 4.69) is 38.1 Å². The zero-order valence-corrected chi connectivity index (χ0v) is 15.2. The molecule has 126 valence electrons. The highest BCUT2D eigenvalue weighted by Crippen LogP contribution is 2.24. The number of hydrogen-bond donors (Lipinski definition) is 0. The number of hydrogen-bond acceptors (Lipinski definition) is 3. The van der Waals surface area contributed by atoms with E-state index in [1.54, 1.807) is 0 Å². The summed E-state index contributed by atoms with van der Waals surface area (Å²) in [4.78, 5) is 12.1. The number of nitrogens with zero attached hydrogens (tertiary/aromatic N) is 2. The first-order valence-electron chi connectivity index (χ1n) is 8.57. The number of ether oxygens (including phenoxy) is 1. The van der Waals surface area contributed by atoms with E-state index >= 15 is 0 Å². The number of aryl methyl sites for hydroxylation is 1. The Morgan fingerprint density at radius 2 is 1.96 bits per heavy atom. The average Bonchev–Trinajstić information content (AvgIpc) is 3.28. The molecule has 3 rings (SSSR count). The van der Waals surface area contributed by atoms with Crippen LogP contribution in [0.4, 0.5) is 0 Å². The summed E-state index contributed by atoms with van der Waals surface area (Å²) in [6.07, 6.45) is 3.42. The first-order chi connectivity index (χ1) is 11.7. The first kappa shape index (κ1) is 17.1. The van der Waals surface area contributed by atoms with Crippen LogP contribution < -0.4 is 0 Å². The Bertz CT molecular complexity index is 714. The van der Waals surface area contributed by atoms with Crippen molar-refractivity contribution in [2.45, 2.75) is 45.8 Å². The van der Waals surface area contributed by atoms with Crippen LogP contribution in [0.3, 0.4) is 0 Å². The van der Waals surface area contributed by atoms with Gasteiger partial charge in [0.25, 0.3) is 0 Å². The lowest BCUT2D eigenvalue weighted by molar-refractivity contribution is 0.157. The minimum absolute atomic E-state index is 0.450. The molecule has 0 aliphatic heterocycles. The Balaban J connectivity index is 1.64. The molecule has 4 heteroatoms. The van der Waals surface area contributed by atoms with Gasteiger partial charge in [-0.25, -0.2) is 4.99 Å². The summed E-state index contributed by atoms with van der Waals surface area (Å²) in [5.41, 5.74) is 2.21. The second kappa shape index (κ2) is 8.36. The molecular formula is C20H24N2OS. The smallest absolute Gasteiger partial charge is 0.149 e. The molecule has 1 fully saturated rings. The monoisotopic (exact) mass is 340 g/mol. The third-order valence-corrected chi connectivity index (χ3v) is 5.22. The molecule has 0 atom stereocenters. The molecular weight excluding hydrogens is 316 g/mol. The maximum atomic E-state index is 5.84. The van der Waals surface area contributed by atoms with Gasteiger partial charge in [0.15, 0.2) is 0 Å². The summed E-state index contributed by atoms with van der Waals surface area (Å²) in [5.74, 6) is 0.817. The predicted molar refractivity (Wildman–Crippen MR) is 102 cm³/mol. The van der Waals surface area contributed by atoms with E-state index in [0.717, 1.165) is 18.0 Å². The second-order valence-corrected chi connectivity index (χ2v) is 7.24. The Morgan fingerprint density at radius 3 is 2.62 bits per heavy atom. The van der Waals surface area contributed by atoms with Gasteiger partial charge in [0.05, 0.1) is 18.4 Å². The fraction of sp³-hybridized carbons (Fsp3) is 0.400. The highest BCUT2D eigenvalue weighted by atomic mass is 32.1. The van der Waals surface area contributed by atoms with Gasteiger partial charge in [0.2, 0.25) is 0 Å². The Labute approximate surface area is 148 Å². The number of thiophene rings is 1. The molecule has 1 heterocycles. The maximum Gasteiger partial charge on any atom is 0.149 e. The molecule has 1 aliphatic carbocycles. The van der Waals surface area contributed by atoms with Gasteiger partial charge in [0.1, 0.15) is 12.4 Å². The van der Waals surface area contributed by atoms with Gasteiger partial charge < -0.3 is 4.74 Å². The number of aliphatic imine (C=N–C) groups is 2. The number of rotatable bonds is 7. The maximum absolute atomic E-state index is 5.84. The van der Waals surface area contributed by atoms with E-state index in [1.807, 2.05) is 29.5 Å². The Kier molecular flexibility index (Phi) is 5.94. The van der Waals surface area contributed by atoms with Crippen molar-refractivity contribution >= 4 is 22.9 Å². The third-order valence-electron chi connectivity index (χ3n) is 3.88. The molecule has 0 unspecified atom stereocenters. The second-order valence-electron chi connectivity index (χ2n) is 6.07. The topological polar surface area (TPSA) is 34.0 Å². The highest BCUT2D eigenvalue weighted by Gasteiger charge is 2.21. The SMILES string of the molecule is CCc1ccc(C(C)=NC(COCc2ccccc2)=NC2CC2)s1. The van der Waals surface area contributed by atoms with E-state index in [4.69, 9.17) is 14.7 Å². The van der Waals surface area contributed by atoms with Crippen LogP contribution in [0, 0.1) is 0 Å². The van der Waals surface area contributed by atoms with E-state index < -0.39 is 0 Å². The van der Waals surface area contributed by atoms with E-state index in [9.17, 15) is 0 Å². The van der Waals surface area contributed by atoms with Gasteiger partial charge in [0, 0.05) is 9.75 Å². The zero-order chi connectivity index (χ0) is 16.8. The average molecular weight is 340 g/mol. The van der Waals surface area contributed by atoms with Crippen molar-refractivity contribution in [3.05, 3.63) is 57.8 Å².